The summed E-state index contributed by atoms with van der Waals surface area (Å²) in [5, 5.41) is 11.3. The van der Waals surface area contributed by atoms with Crippen molar-refractivity contribution >= 4 is 11.9 Å². The molecule has 0 spiro atoms. The average Bonchev–Trinajstić information content (AvgIpc) is 2.22. The summed E-state index contributed by atoms with van der Waals surface area (Å²) in [6.07, 6.45) is 1.22. The van der Waals surface area contributed by atoms with Crippen molar-refractivity contribution in [1.82, 2.24) is 5.32 Å². The summed E-state index contributed by atoms with van der Waals surface area (Å²) < 4.78 is 0. The first-order valence-electron chi connectivity index (χ1n) is 5.62. The lowest BCUT2D eigenvalue weighted by Gasteiger charge is -2.15. The molecule has 4 N–H and O–H groups in total. The third-order valence-corrected chi connectivity index (χ3v) is 2.56. The summed E-state index contributed by atoms with van der Waals surface area (Å²) in [7, 11) is 0. The monoisotopic (exact) mass is 230 g/mol. The lowest BCUT2D eigenvalue weighted by molar-refractivity contribution is -0.141. The number of carbonyl (C=O) groups excluding carboxylic acids is 1. The van der Waals surface area contributed by atoms with Crippen LogP contribution in [0.5, 0.6) is 0 Å². The Bertz CT molecular complexity index is 241. The van der Waals surface area contributed by atoms with Gasteiger partial charge in [0.2, 0.25) is 5.91 Å². The summed E-state index contributed by atoms with van der Waals surface area (Å²) in [6, 6.07) is -0.489. The number of hydrogen-bond acceptors (Lipinski definition) is 3. The van der Waals surface area contributed by atoms with Crippen molar-refractivity contribution < 1.29 is 14.7 Å². The second kappa shape index (κ2) is 7.22. The van der Waals surface area contributed by atoms with Gasteiger partial charge >= 0.3 is 5.97 Å². The molecule has 0 fully saturated rings. The Kier molecular flexibility index (Phi) is 6.72. The molecule has 0 aromatic rings. The average molecular weight is 230 g/mol. The van der Waals surface area contributed by atoms with Crippen LogP contribution in [0.1, 0.15) is 33.6 Å². The van der Waals surface area contributed by atoms with E-state index in [1.807, 2.05) is 13.8 Å². The van der Waals surface area contributed by atoms with Crippen LogP contribution in [0.15, 0.2) is 0 Å². The van der Waals surface area contributed by atoms with E-state index in [2.05, 4.69) is 5.32 Å². The van der Waals surface area contributed by atoms with Gasteiger partial charge in [-0.3, -0.25) is 9.59 Å². The Morgan fingerprint density at radius 3 is 2.31 bits per heavy atom. The maximum atomic E-state index is 11.4. The van der Waals surface area contributed by atoms with Crippen molar-refractivity contribution in [2.75, 3.05) is 6.54 Å². The Hall–Kier alpha value is -1.10. The van der Waals surface area contributed by atoms with E-state index < -0.39 is 12.0 Å². The molecule has 0 aromatic carbocycles. The van der Waals surface area contributed by atoms with Gasteiger partial charge in [-0.25, -0.2) is 0 Å². The molecule has 0 heterocycles. The standard InChI is InChI=1S/C11H22N2O3/c1-7(2)9(12)10(14)13-6-4-5-8(3)11(15)16/h7-9H,4-6,12H2,1-3H3,(H,13,14)(H,15,16)/t8?,9-/m1/s1. The Morgan fingerprint density at radius 1 is 1.31 bits per heavy atom. The van der Waals surface area contributed by atoms with Crippen LogP contribution in [0.25, 0.3) is 0 Å². The van der Waals surface area contributed by atoms with Crippen LogP contribution in [-0.4, -0.2) is 29.6 Å². The molecule has 0 rings (SSSR count). The van der Waals surface area contributed by atoms with Crippen molar-refractivity contribution in [3.8, 4) is 0 Å². The molecule has 1 unspecified atom stereocenters. The molecule has 94 valence electrons. The largest absolute Gasteiger partial charge is 0.481 e. The van der Waals surface area contributed by atoms with Gasteiger partial charge in [-0.15, -0.1) is 0 Å². The summed E-state index contributed by atoms with van der Waals surface area (Å²) in [6.45, 7) is 5.91. The van der Waals surface area contributed by atoms with Gasteiger partial charge in [0.1, 0.15) is 0 Å². The second-order valence-corrected chi connectivity index (χ2v) is 4.44. The van der Waals surface area contributed by atoms with Gasteiger partial charge in [-0.05, 0) is 18.8 Å². The maximum absolute atomic E-state index is 11.4. The zero-order valence-electron chi connectivity index (χ0n) is 10.2. The van der Waals surface area contributed by atoms with E-state index in [-0.39, 0.29) is 17.7 Å². The number of nitrogens with two attached hydrogens (primary N) is 1. The van der Waals surface area contributed by atoms with Crippen molar-refractivity contribution in [2.45, 2.75) is 39.7 Å². The van der Waals surface area contributed by atoms with E-state index in [4.69, 9.17) is 10.8 Å². The van der Waals surface area contributed by atoms with Gasteiger partial charge in [-0.1, -0.05) is 20.8 Å². The molecule has 5 nitrogen and oxygen atoms in total. The second-order valence-electron chi connectivity index (χ2n) is 4.44. The first-order chi connectivity index (χ1) is 7.36. The SMILES string of the molecule is CC(CCCNC(=O)[C@H](N)C(C)C)C(=O)O. The highest BCUT2D eigenvalue weighted by Crippen LogP contribution is 2.04. The highest BCUT2D eigenvalue weighted by Gasteiger charge is 2.16. The van der Waals surface area contributed by atoms with E-state index in [9.17, 15) is 9.59 Å². The first-order valence-corrected chi connectivity index (χ1v) is 5.62. The zero-order valence-corrected chi connectivity index (χ0v) is 10.2. The summed E-state index contributed by atoms with van der Waals surface area (Å²) >= 11 is 0. The minimum absolute atomic E-state index is 0.109. The lowest BCUT2D eigenvalue weighted by atomic mass is 10.0. The van der Waals surface area contributed by atoms with E-state index in [0.717, 1.165) is 0 Å². The molecule has 5 heteroatoms. The van der Waals surface area contributed by atoms with Crippen molar-refractivity contribution in [1.29, 1.82) is 0 Å². The van der Waals surface area contributed by atoms with E-state index >= 15 is 0 Å². The van der Waals surface area contributed by atoms with Crippen LogP contribution < -0.4 is 11.1 Å². The molecule has 0 bridgehead atoms. The van der Waals surface area contributed by atoms with E-state index in [1.165, 1.54) is 0 Å². The number of rotatable bonds is 7. The first kappa shape index (κ1) is 14.9. The van der Waals surface area contributed by atoms with Crippen LogP contribution in [0.4, 0.5) is 0 Å². The van der Waals surface area contributed by atoms with Crippen LogP contribution >= 0.6 is 0 Å². The fourth-order valence-corrected chi connectivity index (χ4v) is 1.16. The van der Waals surface area contributed by atoms with Gasteiger partial charge in [0.15, 0.2) is 0 Å². The predicted octanol–water partition coefficient (Wildman–Crippen LogP) is 0.587. The molecular weight excluding hydrogens is 208 g/mol. The quantitative estimate of drug-likeness (QED) is 0.558. The van der Waals surface area contributed by atoms with Gasteiger partial charge in [0.05, 0.1) is 12.0 Å². The number of hydrogen-bond donors (Lipinski definition) is 3. The molecule has 0 saturated carbocycles. The highest BCUT2D eigenvalue weighted by atomic mass is 16.4. The highest BCUT2D eigenvalue weighted by molar-refractivity contribution is 5.81. The predicted molar refractivity (Wildman–Crippen MR) is 61.9 cm³/mol. The number of amides is 1. The molecule has 0 saturated heterocycles. The summed E-state index contributed by atoms with van der Waals surface area (Å²) in [5.41, 5.74) is 5.64. The number of nitrogens with one attached hydrogen (secondary N) is 1. The van der Waals surface area contributed by atoms with Gasteiger partial charge in [-0.2, -0.15) is 0 Å². The molecule has 0 radical (unpaired) electrons. The molecule has 0 aromatic heterocycles. The number of carbonyl (C=O) groups is 2. The zero-order chi connectivity index (χ0) is 12.7. The normalized spacial score (nSPS) is 14.6. The smallest absolute Gasteiger partial charge is 0.306 e. The summed E-state index contributed by atoms with van der Waals surface area (Å²) in [5.74, 6) is -1.23. The number of carboxylic acids is 1. The van der Waals surface area contributed by atoms with Crippen LogP contribution in [0.3, 0.4) is 0 Å². The molecule has 0 aliphatic carbocycles. The molecule has 16 heavy (non-hydrogen) atoms. The fraction of sp³-hybridized carbons (Fsp3) is 0.818. The van der Waals surface area contributed by atoms with E-state index in [1.54, 1.807) is 6.92 Å². The molecule has 2 atom stereocenters. The Balaban J connectivity index is 3.67. The molecule has 0 aliphatic rings. The third-order valence-electron chi connectivity index (χ3n) is 2.56. The van der Waals surface area contributed by atoms with Crippen LogP contribution in [0, 0.1) is 11.8 Å². The minimum Gasteiger partial charge on any atom is -0.481 e. The van der Waals surface area contributed by atoms with Crippen LogP contribution in [0.2, 0.25) is 0 Å². The minimum atomic E-state index is -0.801. The van der Waals surface area contributed by atoms with Gasteiger partial charge < -0.3 is 16.2 Å². The number of carboxylic acid groups (broad SMARTS) is 1. The molecule has 0 aliphatic heterocycles. The molecule has 1 amide bonds. The maximum Gasteiger partial charge on any atom is 0.306 e. The molecular formula is C11H22N2O3. The fourth-order valence-electron chi connectivity index (χ4n) is 1.16. The van der Waals surface area contributed by atoms with Gasteiger partial charge in [0.25, 0.3) is 0 Å². The van der Waals surface area contributed by atoms with Gasteiger partial charge in [0, 0.05) is 6.54 Å². The lowest BCUT2D eigenvalue weighted by Crippen LogP contribution is -2.44. The Labute approximate surface area is 96.4 Å². The van der Waals surface area contributed by atoms with Crippen molar-refractivity contribution in [3.63, 3.8) is 0 Å². The topological polar surface area (TPSA) is 92.4 Å². The summed E-state index contributed by atoms with van der Waals surface area (Å²) in [4.78, 5) is 21.9. The third kappa shape index (κ3) is 5.70. The van der Waals surface area contributed by atoms with Crippen LogP contribution in [-0.2, 0) is 9.59 Å². The van der Waals surface area contributed by atoms with E-state index in [0.29, 0.717) is 19.4 Å². The van der Waals surface area contributed by atoms with Crippen molar-refractivity contribution in [2.24, 2.45) is 17.6 Å². The number of aliphatic carboxylic acids is 1. The Morgan fingerprint density at radius 2 is 1.88 bits per heavy atom. The van der Waals surface area contributed by atoms with Crippen molar-refractivity contribution in [3.05, 3.63) is 0 Å².